The van der Waals surface area contributed by atoms with Gasteiger partial charge in [0.15, 0.2) is 0 Å². The van der Waals surface area contributed by atoms with Crippen molar-refractivity contribution in [3.63, 3.8) is 0 Å². The Balaban J connectivity index is 1.38. The number of benzene rings is 1. The molecule has 0 bridgehead atoms. The number of carbonyl (C=O) groups excluding carboxylic acids is 1. The predicted molar refractivity (Wildman–Crippen MR) is 137 cm³/mol. The molecule has 35 heavy (non-hydrogen) atoms. The number of pyridine rings is 1. The number of aryl methyl sites for hydroxylation is 2. The predicted octanol–water partition coefficient (Wildman–Crippen LogP) is 3.19. The molecule has 1 aliphatic rings. The number of nitrogens with zero attached hydrogens (tertiary/aromatic N) is 2. The first kappa shape index (κ1) is 27.1. The minimum absolute atomic E-state index is 0.102. The molecule has 2 heterocycles. The van der Waals surface area contributed by atoms with Gasteiger partial charge in [-0.1, -0.05) is 12.1 Å². The Morgan fingerprint density at radius 1 is 1.11 bits per heavy atom. The van der Waals surface area contributed by atoms with E-state index in [1.54, 1.807) is 24.3 Å². The quantitative estimate of drug-likeness (QED) is 0.459. The van der Waals surface area contributed by atoms with Crippen LogP contribution in [0.3, 0.4) is 0 Å². The highest BCUT2D eigenvalue weighted by atomic mass is 32.2. The van der Waals surface area contributed by atoms with E-state index in [4.69, 9.17) is 4.74 Å². The number of likely N-dealkylation sites (tertiary alicyclic amines) is 1. The van der Waals surface area contributed by atoms with Gasteiger partial charge in [0.1, 0.15) is 0 Å². The van der Waals surface area contributed by atoms with Crippen molar-refractivity contribution in [1.29, 1.82) is 0 Å². The van der Waals surface area contributed by atoms with Gasteiger partial charge in [-0.25, -0.2) is 17.9 Å². The molecule has 3 N–H and O–H groups in total. The Hall–Kier alpha value is -2.53. The molecule has 2 amide bonds. The molecule has 192 valence electrons. The summed E-state index contributed by atoms with van der Waals surface area (Å²) < 4.78 is 34.0. The van der Waals surface area contributed by atoms with E-state index in [9.17, 15) is 13.2 Å². The van der Waals surface area contributed by atoms with Crippen LogP contribution in [0.15, 0.2) is 41.3 Å². The number of anilines is 1. The van der Waals surface area contributed by atoms with E-state index >= 15 is 0 Å². The molecule has 1 fully saturated rings. The molecule has 1 aromatic heterocycles. The summed E-state index contributed by atoms with van der Waals surface area (Å²) in [7, 11) is -3.57. The number of piperidine rings is 1. The number of hydrogen-bond donors (Lipinski definition) is 3. The van der Waals surface area contributed by atoms with Crippen molar-refractivity contribution in [2.45, 2.75) is 64.2 Å². The highest BCUT2D eigenvalue weighted by Crippen LogP contribution is 2.16. The average molecular weight is 504 g/mol. The zero-order valence-electron chi connectivity index (χ0n) is 21.0. The lowest BCUT2D eigenvalue weighted by molar-refractivity contribution is 0.0657. The summed E-state index contributed by atoms with van der Waals surface area (Å²) in [6, 6.07) is 10.1. The van der Waals surface area contributed by atoms with Gasteiger partial charge in [-0.05, 0) is 83.5 Å². The van der Waals surface area contributed by atoms with Crippen LogP contribution in [0.2, 0.25) is 0 Å². The molecule has 0 radical (unpaired) electrons. The first-order valence-electron chi connectivity index (χ1n) is 12.1. The topological polar surface area (TPSA) is 113 Å². The lowest BCUT2D eigenvalue weighted by Gasteiger charge is -2.32. The van der Waals surface area contributed by atoms with Crippen molar-refractivity contribution >= 4 is 21.7 Å². The third-order valence-electron chi connectivity index (χ3n) is 5.78. The first-order chi connectivity index (χ1) is 16.6. The fourth-order valence-corrected chi connectivity index (χ4v) is 5.30. The van der Waals surface area contributed by atoms with E-state index < -0.39 is 10.0 Å². The maximum atomic E-state index is 12.8. The van der Waals surface area contributed by atoms with Gasteiger partial charge < -0.3 is 20.3 Å². The summed E-state index contributed by atoms with van der Waals surface area (Å²) in [4.78, 5) is 19.0. The number of nitrogens with one attached hydrogen (secondary N) is 3. The number of urea groups is 1. The average Bonchev–Trinajstić information content (AvgIpc) is 2.78. The van der Waals surface area contributed by atoms with Gasteiger partial charge in [-0.3, -0.25) is 4.98 Å². The monoisotopic (exact) mass is 503 g/mol. The second-order valence-electron chi connectivity index (χ2n) is 9.26. The van der Waals surface area contributed by atoms with Crippen LogP contribution in [-0.4, -0.2) is 62.7 Å². The Labute approximate surface area is 208 Å². The number of sulfonamides is 1. The van der Waals surface area contributed by atoms with Crippen LogP contribution in [0.4, 0.5) is 10.5 Å². The third kappa shape index (κ3) is 8.88. The molecule has 0 spiro atoms. The molecule has 1 aromatic carbocycles. The standard InChI is InChI=1S/C25H37N5O4S/c1-18(2)34-17-21-5-7-24(8-6-21)35(32,33)29-22-9-12-30(13-10-22)14-11-26-25(31)28-23-15-19(3)27-20(4)16-23/h5-8,15-16,18,22,29H,9-14,17H2,1-4H3,(H2,26,27,28,31). The molecule has 1 aliphatic heterocycles. The van der Waals surface area contributed by atoms with E-state index in [-0.39, 0.29) is 23.1 Å². The Morgan fingerprint density at radius 2 is 1.74 bits per heavy atom. The maximum Gasteiger partial charge on any atom is 0.319 e. The Morgan fingerprint density at radius 3 is 2.34 bits per heavy atom. The van der Waals surface area contributed by atoms with Crippen LogP contribution in [0.25, 0.3) is 0 Å². The van der Waals surface area contributed by atoms with Crippen LogP contribution < -0.4 is 15.4 Å². The van der Waals surface area contributed by atoms with Crippen LogP contribution in [0.5, 0.6) is 0 Å². The molecule has 0 saturated carbocycles. The molecule has 0 aliphatic carbocycles. The van der Waals surface area contributed by atoms with Gasteiger partial charge in [-0.2, -0.15) is 0 Å². The van der Waals surface area contributed by atoms with Gasteiger partial charge in [-0.15, -0.1) is 0 Å². The Kier molecular flexibility index (Phi) is 9.62. The van der Waals surface area contributed by atoms with Crippen LogP contribution in [0.1, 0.15) is 43.6 Å². The largest absolute Gasteiger partial charge is 0.374 e. The van der Waals surface area contributed by atoms with Gasteiger partial charge in [0.25, 0.3) is 0 Å². The second-order valence-corrected chi connectivity index (χ2v) is 11.0. The van der Waals surface area contributed by atoms with Gasteiger partial charge in [0.2, 0.25) is 10.0 Å². The van der Waals surface area contributed by atoms with Crippen molar-refractivity contribution in [2.24, 2.45) is 0 Å². The fourth-order valence-electron chi connectivity index (χ4n) is 4.00. The Bertz CT molecular complexity index is 1060. The van der Waals surface area contributed by atoms with E-state index in [0.29, 0.717) is 19.7 Å². The molecular weight excluding hydrogens is 466 g/mol. The number of hydrogen-bond acceptors (Lipinski definition) is 6. The van der Waals surface area contributed by atoms with E-state index in [1.807, 2.05) is 39.8 Å². The molecule has 1 saturated heterocycles. The molecule has 0 unspecified atom stereocenters. The molecule has 10 heteroatoms. The minimum atomic E-state index is -3.57. The highest BCUT2D eigenvalue weighted by Gasteiger charge is 2.24. The first-order valence-corrected chi connectivity index (χ1v) is 13.5. The van der Waals surface area contributed by atoms with Crippen molar-refractivity contribution in [1.82, 2.24) is 19.9 Å². The summed E-state index contributed by atoms with van der Waals surface area (Å²) in [5.41, 5.74) is 3.37. The number of carbonyl (C=O) groups is 1. The van der Waals surface area contributed by atoms with Crippen molar-refractivity contribution in [2.75, 3.05) is 31.5 Å². The number of ether oxygens (including phenoxy) is 1. The van der Waals surface area contributed by atoms with Gasteiger partial charge in [0, 0.05) is 36.2 Å². The third-order valence-corrected chi connectivity index (χ3v) is 7.32. The van der Waals surface area contributed by atoms with Crippen LogP contribution in [0, 0.1) is 13.8 Å². The van der Waals surface area contributed by atoms with Crippen molar-refractivity contribution in [3.8, 4) is 0 Å². The van der Waals surface area contributed by atoms with Crippen LogP contribution >= 0.6 is 0 Å². The van der Waals surface area contributed by atoms with Crippen LogP contribution in [-0.2, 0) is 21.4 Å². The minimum Gasteiger partial charge on any atom is -0.374 e. The van der Waals surface area contributed by atoms with Gasteiger partial charge >= 0.3 is 6.03 Å². The van der Waals surface area contributed by atoms with E-state index in [1.165, 1.54) is 0 Å². The summed E-state index contributed by atoms with van der Waals surface area (Å²) in [5.74, 6) is 0. The zero-order chi connectivity index (χ0) is 25.4. The summed E-state index contributed by atoms with van der Waals surface area (Å²) in [6.45, 7) is 10.9. The SMILES string of the molecule is Cc1cc(NC(=O)NCCN2CCC(NS(=O)(=O)c3ccc(COC(C)C)cc3)CC2)cc(C)n1. The number of amides is 2. The summed E-state index contributed by atoms with van der Waals surface area (Å²) in [5, 5.41) is 5.71. The smallest absolute Gasteiger partial charge is 0.319 e. The zero-order valence-corrected chi connectivity index (χ0v) is 21.8. The summed E-state index contributed by atoms with van der Waals surface area (Å²) >= 11 is 0. The highest BCUT2D eigenvalue weighted by molar-refractivity contribution is 7.89. The second kappa shape index (κ2) is 12.4. The lowest BCUT2D eigenvalue weighted by atomic mass is 10.1. The van der Waals surface area contributed by atoms with Crippen molar-refractivity contribution in [3.05, 3.63) is 53.3 Å². The normalized spacial score (nSPS) is 15.3. The van der Waals surface area contributed by atoms with Gasteiger partial charge in [0.05, 0.1) is 17.6 Å². The molecular formula is C25H37N5O4S. The molecule has 3 rings (SSSR count). The molecule has 0 atom stereocenters. The van der Waals surface area contributed by atoms with E-state index in [0.717, 1.165) is 48.6 Å². The maximum absolute atomic E-state index is 12.8. The molecule has 2 aromatic rings. The summed E-state index contributed by atoms with van der Waals surface area (Å²) in [6.07, 6.45) is 1.57. The lowest BCUT2D eigenvalue weighted by Crippen LogP contribution is -2.46. The fraction of sp³-hybridized carbons (Fsp3) is 0.520. The number of aromatic nitrogens is 1. The van der Waals surface area contributed by atoms with Crippen molar-refractivity contribution < 1.29 is 17.9 Å². The number of rotatable bonds is 10. The van der Waals surface area contributed by atoms with E-state index in [2.05, 4.69) is 25.2 Å². The molecule has 9 nitrogen and oxygen atoms in total.